The highest BCUT2D eigenvalue weighted by molar-refractivity contribution is 6.00. The van der Waals surface area contributed by atoms with Crippen LogP contribution >= 0.6 is 0 Å². The molecule has 4 aromatic rings. The van der Waals surface area contributed by atoms with Gasteiger partial charge in [-0.3, -0.25) is 0 Å². The van der Waals surface area contributed by atoms with E-state index < -0.39 is 53.8 Å². The number of aliphatic carboxylic acids is 1. The highest BCUT2D eigenvalue weighted by atomic mass is 16.6. The quantitative estimate of drug-likeness (QED) is 0.135. The molecule has 0 saturated heterocycles. The number of carbonyl (C=O) groups excluding carboxylic acids is 2. The number of carbonyl (C=O) groups is 3. The smallest absolute Gasteiger partial charge is 0.341 e. The SMILES string of the molecule is C[C@]12CC[C@@H]3c4cc(C(N)CN)c(OCC(=O)O)cc4CC[C@H]3[C@@H]1C[C@@H](OC(=O)c1ccc3c(c1)C(=O)OC31c3ccc(O)cc3Oc3cc(O)ccc31)[C@@H]2O. The minimum atomic E-state index is -1.47. The van der Waals surface area contributed by atoms with E-state index in [1.807, 2.05) is 12.1 Å². The molecule has 2 heterocycles. The zero-order valence-electron chi connectivity index (χ0n) is 30.6. The van der Waals surface area contributed by atoms with Crippen LogP contribution in [0.3, 0.4) is 0 Å². The van der Waals surface area contributed by atoms with E-state index in [1.165, 1.54) is 30.3 Å². The first-order valence-electron chi connectivity index (χ1n) is 18.9. The molecule has 4 aromatic carbocycles. The van der Waals surface area contributed by atoms with Gasteiger partial charge in [-0.1, -0.05) is 13.0 Å². The number of aliphatic hydroxyl groups is 1. The average Bonchev–Trinajstić information content (AvgIpc) is 3.61. The zero-order valence-corrected chi connectivity index (χ0v) is 30.6. The Bertz CT molecular complexity index is 2270. The van der Waals surface area contributed by atoms with Gasteiger partial charge in [0.25, 0.3) is 0 Å². The lowest BCUT2D eigenvalue weighted by atomic mass is 9.55. The van der Waals surface area contributed by atoms with Gasteiger partial charge in [0.1, 0.15) is 34.9 Å². The first-order valence-corrected chi connectivity index (χ1v) is 18.9. The second-order valence-corrected chi connectivity index (χ2v) is 16.0. The van der Waals surface area contributed by atoms with E-state index in [-0.39, 0.29) is 58.4 Å². The Morgan fingerprint density at radius 1 is 0.964 bits per heavy atom. The van der Waals surface area contributed by atoms with Crippen LogP contribution in [0.5, 0.6) is 28.7 Å². The fourth-order valence-corrected chi connectivity index (χ4v) is 10.4. The lowest BCUT2D eigenvalue weighted by Crippen LogP contribution is -2.45. The third kappa shape index (κ3) is 5.35. The Morgan fingerprint density at radius 3 is 2.34 bits per heavy atom. The van der Waals surface area contributed by atoms with Crippen LogP contribution in [0.15, 0.2) is 66.7 Å². The Kier molecular flexibility index (Phi) is 8.35. The predicted molar refractivity (Wildman–Crippen MR) is 199 cm³/mol. The molecule has 290 valence electrons. The summed E-state index contributed by atoms with van der Waals surface area (Å²) in [5.74, 6) is -1.20. The highest BCUT2D eigenvalue weighted by Crippen LogP contribution is 2.62. The van der Waals surface area contributed by atoms with E-state index in [1.54, 1.807) is 24.3 Å². The molecule has 56 heavy (non-hydrogen) atoms. The number of hydrogen-bond acceptors (Lipinski definition) is 12. The molecule has 7 atom stereocenters. The van der Waals surface area contributed by atoms with Crippen molar-refractivity contribution in [3.05, 3.63) is 111 Å². The topological polar surface area (TPSA) is 221 Å². The van der Waals surface area contributed by atoms with Crippen molar-refractivity contribution in [1.29, 1.82) is 0 Å². The molecule has 0 radical (unpaired) electrons. The standard InChI is InChI=1S/C43H42N2O11/c1-42-11-10-24-25(6-2-20-13-34(53-19-38(48)49)28(16-26(20)24)33(45)18-44)32(42)17-37(39(42)50)55-40(51)21-3-7-29-27(12-21)41(52)56-43(29)30-8-4-22(46)14-35(30)54-36-15-23(47)5-9-31(36)43/h3-5,7-9,12-16,24-25,32-33,37,39,46-47,50H,2,6,10-11,17-19,44-45H2,1H3,(H,48,49)/t24-,25+,32-,33?,37+,39-,42-/m0/s1. The Morgan fingerprint density at radius 2 is 1.66 bits per heavy atom. The van der Waals surface area contributed by atoms with E-state index in [0.29, 0.717) is 40.8 Å². The normalized spacial score (nSPS) is 26.6. The van der Waals surface area contributed by atoms with Crippen LogP contribution in [0.2, 0.25) is 0 Å². The van der Waals surface area contributed by atoms with Crippen molar-refractivity contribution in [2.45, 2.75) is 68.8 Å². The third-order valence-corrected chi connectivity index (χ3v) is 13.1. The van der Waals surface area contributed by atoms with Gasteiger partial charge >= 0.3 is 17.9 Å². The Hall–Kier alpha value is -5.63. The van der Waals surface area contributed by atoms with Gasteiger partial charge in [0, 0.05) is 52.4 Å². The molecule has 2 aliphatic heterocycles. The van der Waals surface area contributed by atoms with E-state index in [4.69, 9.17) is 30.4 Å². The number of carboxylic acids is 1. The van der Waals surface area contributed by atoms with Crippen LogP contribution in [0.25, 0.3) is 0 Å². The molecule has 0 aromatic heterocycles. The zero-order chi connectivity index (χ0) is 39.3. The van der Waals surface area contributed by atoms with Gasteiger partial charge in [-0.2, -0.15) is 0 Å². The Labute approximate surface area is 321 Å². The van der Waals surface area contributed by atoms with Crippen molar-refractivity contribution in [3.8, 4) is 28.7 Å². The van der Waals surface area contributed by atoms with Crippen LogP contribution in [0.1, 0.15) is 98.7 Å². The number of phenolic OH excluding ortho intramolecular Hbond substituents is 2. The van der Waals surface area contributed by atoms with Crippen molar-refractivity contribution < 1.29 is 53.8 Å². The van der Waals surface area contributed by atoms with Crippen LogP contribution in [0.4, 0.5) is 0 Å². The molecule has 1 spiro atoms. The number of ether oxygens (including phenoxy) is 4. The number of phenols is 2. The number of rotatable bonds is 7. The number of esters is 2. The van der Waals surface area contributed by atoms with Crippen LogP contribution in [-0.4, -0.2) is 63.7 Å². The van der Waals surface area contributed by atoms with E-state index in [2.05, 4.69) is 6.92 Å². The largest absolute Gasteiger partial charge is 0.508 e. The van der Waals surface area contributed by atoms with Crippen LogP contribution in [-0.2, 0) is 26.3 Å². The van der Waals surface area contributed by atoms with E-state index >= 15 is 0 Å². The molecular weight excluding hydrogens is 720 g/mol. The number of hydrogen-bond donors (Lipinski definition) is 6. The minimum Gasteiger partial charge on any atom is -0.508 e. The number of aryl methyl sites for hydroxylation is 1. The maximum Gasteiger partial charge on any atom is 0.341 e. The number of carboxylic acid groups (broad SMARTS) is 1. The highest BCUT2D eigenvalue weighted by Gasteiger charge is 2.59. The summed E-state index contributed by atoms with van der Waals surface area (Å²) < 4.78 is 23.9. The maximum atomic E-state index is 13.9. The number of aliphatic hydroxyl groups excluding tert-OH is 1. The van der Waals surface area contributed by atoms with Gasteiger partial charge in [-0.05, 0) is 110 Å². The molecule has 9 rings (SSSR count). The number of fused-ring (bicyclic) bond motifs is 11. The molecule has 2 saturated carbocycles. The molecule has 3 aliphatic carbocycles. The predicted octanol–water partition coefficient (Wildman–Crippen LogP) is 5.14. The Balaban J connectivity index is 0.983. The van der Waals surface area contributed by atoms with Gasteiger partial charge < -0.3 is 50.8 Å². The summed E-state index contributed by atoms with van der Waals surface area (Å²) in [6, 6.07) is 17.1. The summed E-state index contributed by atoms with van der Waals surface area (Å²) in [5.41, 5.74) is 14.9. The van der Waals surface area contributed by atoms with Crippen LogP contribution < -0.4 is 20.9 Å². The van der Waals surface area contributed by atoms with Crippen molar-refractivity contribution in [1.82, 2.24) is 0 Å². The molecule has 0 amide bonds. The fraction of sp³-hybridized carbons (Fsp3) is 0.372. The summed E-state index contributed by atoms with van der Waals surface area (Å²) in [6.45, 7) is 1.76. The number of benzene rings is 4. The molecular formula is C43H42N2O11. The first-order chi connectivity index (χ1) is 26.8. The summed E-state index contributed by atoms with van der Waals surface area (Å²) in [5, 5.41) is 41.5. The van der Waals surface area contributed by atoms with Crippen molar-refractivity contribution in [3.63, 3.8) is 0 Å². The maximum absolute atomic E-state index is 13.9. The lowest BCUT2D eigenvalue weighted by molar-refractivity contribution is -0.139. The van der Waals surface area contributed by atoms with E-state index in [0.717, 1.165) is 30.4 Å². The van der Waals surface area contributed by atoms with Gasteiger partial charge in [-0.25, -0.2) is 14.4 Å². The monoisotopic (exact) mass is 762 g/mol. The first kappa shape index (κ1) is 36.0. The second-order valence-electron chi connectivity index (χ2n) is 16.0. The fourth-order valence-electron chi connectivity index (χ4n) is 10.4. The minimum absolute atomic E-state index is 0.0548. The number of nitrogens with two attached hydrogens (primary N) is 2. The van der Waals surface area contributed by atoms with Crippen LogP contribution in [0, 0.1) is 17.3 Å². The molecule has 5 aliphatic rings. The van der Waals surface area contributed by atoms with Gasteiger partial charge in [0.2, 0.25) is 0 Å². The van der Waals surface area contributed by atoms with Gasteiger partial charge in [0.15, 0.2) is 12.2 Å². The van der Waals surface area contributed by atoms with Gasteiger partial charge in [-0.15, -0.1) is 0 Å². The lowest BCUT2D eigenvalue weighted by Gasteiger charge is -2.50. The summed E-state index contributed by atoms with van der Waals surface area (Å²) in [4.78, 5) is 38.8. The summed E-state index contributed by atoms with van der Waals surface area (Å²) >= 11 is 0. The van der Waals surface area contributed by atoms with Crippen molar-refractivity contribution >= 4 is 17.9 Å². The molecule has 2 fully saturated rings. The number of aromatic hydroxyl groups is 2. The summed E-state index contributed by atoms with van der Waals surface area (Å²) in [7, 11) is 0. The molecule has 13 nitrogen and oxygen atoms in total. The molecule has 8 N–H and O–H groups in total. The average molecular weight is 763 g/mol. The van der Waals surface area contributed by atoms with Crippen molar-refractivity contribution in [2.75, 3.05) is 13.2 Å². The van der Waals surface area contributed by atoms with Crippen molar-refractivity contribution in [2.24, 2.45) is 28.7 Å². The molecule has 0 bridgehead atoms. The third-order valence-electron chi connectivity index (χ3n) is 13.1. The second kappa shape index (κ2) is 13.0. The van der Waals surface area contributed by atoms with Gasteiger partial charge in [0.05, 0.1) is 17.2 Å². The van der Waals surface area contributed by atoms with E-state index in [9.17, 15) is 34.8 Å². The summed E-state index contributed by atoms with van der Waals surface area (Å²) in [6.07, 6.45) is 1.89. The molecule has 13 heteroatoms. The molecule has 1 unspecified atom stereocenters.